The molecule has 0 radical (unpaired) electrons. The summed E-state index contributed by atoms with van der Waals surface area (Å²) in [7, 11) is 0. The fourth-order valence-electron chi connectivity index (χ4n) is 4.78. The van der Waals surface area contributed by atoms with Crippen molar-refractivity contribution < 1.29 is 19.2 Å². The van der Waals surface area contributed by atoms with Gasteiger partial charge >= 0.3 is 0 Å². The number of hydrogen-bond acceptors (Lipinski definition) is 4. The molecule has 0 saturated carbocycles. The van der Waals surface area contributed by atoms with Crippen LogP contribution in [0.25, 0.3) is 0 Å². The fourth-order valence-corrected chi connectivity index (χ4v) is 4.78. The maximum Gasteiger partial charge on any atom is 0.266 e. The monoisotopic (exact) mass is 412 g/mol. The van der Waals surface area contributed by atoms with Crippen molar-refractivity contribution in [3.63, 3.8) is 0 Å². The summed E-state index contributed by atoms with van der Waals surface area (Å²) in [6.07, 6.45) is 2.24. The molecule has 6 heteroatoms. The minimum absolute atomic E-state index is 0.0926. The van der Waals surface area contributed by atoms with Crippen LogP contribution < -0.4 is 9.80 Å². The number of hydrogen-bond donors (Lipinski definition) is 0. The Morgan fingerprint density at radius 3 is 1.94 bits per heavy atom. The normalized spacial score (nSPS) is 23.6. The molecule has 6 nitrogen and oxygen atoms in total. The predicted molar refractivity (Wildman–Crippen MR) is 115 cm³/mol. The molecule has 2 aliphatic heterocycles. The van der Waals surface area contributed by atoms with Gasteiger partial charge in [-0.15, -0.1) is 0 Å². The Morgan fingerprint density at radius 2 is 1.32 bits per heavy atom. The van der Waals surface area contributed by atoms with Gasteiger partial charge in [0.2, 0.25) is 11.8 Å². The van der Waals surface area contributed by atoms with E-state index < -0.39 is 5.92 Å². The molecule has 2 aromatic carbocycles. The Labute approximate surface area is 179 Å². The second-order valence-corrected chi connectivity index (χ2v) is 8.07. The maximum absolute atomic E-state index is 13.1. The smallest absolute Gasteiger partial charge is 0.266 e. The first-order valence-electron chi connectivity index (χ1n) is 10.2. The molecule has 2 heterocycles. The number of rotatable bonds is 3. The summed E-state index contributed by atoms with van der Waals surface area (Å²) in [6, 6.07) is 17.7. The largest absolute Gasteiger partial charge is 0.274 e. The Kier molecular flexibility index (Phi) is 4.43. The Hall–Kier alpha value is -3.80. The number of para-hydroxylation sites is 2. The van der Waals surface area contributed by atoms with Crippen LogP contribution in [0.15, 0.2) is 83.5 Å². The van der Waals surface area contributed by atoms with Crippen LogP contribution in [-0.2, 0) is 19.2 Å². The van der Waals surface area contributed by atoms with Crippen LogP contribution in [0.4, 0.5) is 11.4 Å². The van der Waals surface area contributed by atoms with Gasteiger partial charge in [0, 0.05) is 12.0 Å². The van der Waals surface area contributed by atoms with Crippen molar-refractivity contribution in [2.24, 2.45) is 11.8 Å². The zero-order valence-electron chi connectivity index (χ0n) is 16.9. The quantitative estimate of drug-likeness (QED) is 0.724. The summed E-state index contributed by atoms with van der Waals surface area (Å²) in [4.78, 5) is 54.4. The number of amides is 4. The summed E-state index contributed by atoms with van der Waals surface area (Å²) >= 11 is 0. The highest BCUT2D eigenvalue weighted by atomic mass is 16.2. The Bertz CT molecular complexity index is 1180. The zero-order valence-corrected chi connectivity index (χ0v) is 16.9. The number of imide groups is 2. The molecule has 154 valence electrons. The molecule has 1 aliphatic carbocycles. The van der Waals surface area contributed by atoms with E-state index in [1.807, 2.05) is 18.2 Å². The van der Waals surface area contributed by atoms with Gasteiger partial charge in [-0.1, -0.05) is 42.5 Å². The van der Waals surface area contributed by atoms with E-state index in [0.29, 0.717) is 28.1 Å². The summed E-state index contributed by atoms with van der Waals surface area (Å²) in [6.45, 7) is 1.79. The second kappa shape index (κ2) is 7.16. The summed E-state index contributed by atoms with van der Waals surface area (Å²) in [5, 5.41) is 0. The van der Waals surface area contributed by atoms with Gasteiger partial charge in [-0.3, -0.25) is 24.1 Å². The molecule has 1 saturated heterocycles. The van der Waals surface area contributed by atoms with Gasteiger partial charge in [-0.05, 0) is 49.1 Å². The maximum atomic E-state index is 13.1. The van der Waals surface area contributed by atoms with Gasteiger partial charge in [0.15, 0.2) is 0 Å². The summed E-state index contributed by atoms with van der Waals surface area (Å²) in [5.41, 5.74) is 2.61. The Balaban J connectivity index is 1.43. The number of allylic oxidation sites excluding steroid dienone is 1. The molecule has 4 amide bonds. The molecule has 5 rings (SSSR count). The lowest BCUT2D eigenvalue weighted by atomic mass is 9.78. The minimum Gasteiger partial charge on any atom is -0.274 e. The number of benzene rings is 2. The van der Waals surface area contributed by atoms with Gasteiger partial charge in [0.05, 0.1) is 22.9 Å². The van der Waals surface area contributed by atoms with E-state index in [4.69, 9.17) is 0 Å². The molecule has 2 aromatic rings. The molecular weight excluding hydrogens is 392 g/mol. The predicted octanol–water partition coefficient (Wildman–Crippen LogP) is 3.40. The molecule has 3 aliphatic rings. The van der Waals surface area contributed by atoms with E-state index in [9.17, 15) is 19.2 Å². The number of carbonyl (C=O) groups is 4. The third kappa shape index (κ3) is 2.94. The van der Waals surface area contributed by atoms with Crippen molar-refractivity contribution in [1.82, 2.24) is 0 Å². The fraction of sp³-hybridized carbons (Fsp3) is 0.200. The third-order valence-electron chi connectivity index (χ3n) is 6.21. The highest BCUT2D eigenvalue weighted by Gasteiger charge is 2.48. The average Bonchev–Trinajstić information content (AvgIpc) is 3.21. The van der Waals surface area contributed by atoms with Crippen molar-refractivity contribution in [3.8, 4) is 0 Å². The Morgan fingerprint density at radius 1 is 0.742 bits per heavy atom. The molecular formula is C25H20N2O4. The van der Waals surface area contributed by atoms with E-state index in [0.717, 1.165) is 0 Å². The topological polar surface area (TPSA) is 74.8 Å². The van der Waals surface area contributed by atoms with Crippen LogP contribution in [-0.4, -0.2) is 23.6 Å². The van der Waals surface area contributed by atoms with Crippen LogP contribution in [0.1, 0.15) is 19.8 Å². The van der Waals surface area contributed by atoms with E-state index in [1.165, 1.54) is 9.80 Å². The van der Waals surface area contributed by atoms with E-state index in [-0.39, 0.29) is 42.4 Å². The van der Waals surface area contributed by atoms with Gasteiger partial charge in [-0.2, -0.15) is 0 Å². The molecule has 0 unspecified atom stereocenters. The van der Waals surface area contributed by atoms with Gasteiger partial charge in [0.25, 0.3) is 11.8 Å². The number of carbonyl (C=O) groups excluding carboxylic acids is 4. The van der Waals surface area contributed by atoms with E-state index in [1.54, 1.807) is 55.5 Å². The van der Waals surface area contributed by atoms with Gasteiger partial charge < -0.3 is 0 Å². The van der Waals surface area contributed by atoms with Crippen LogP contribution in [0.2, 0.25) is 0 Å². The van der Waals surface area contributed by atoms with Crippen molar-refractivity contribution in [2.75, 3.05) is 9.80 Å². The van der Waals surface area contributed by atoms with Crippen molar-refractivity contribution in [2.45, 2.75) is 19.8 Å². The van der Waals surface area contributed by atoms with Crippen LogP contribution in [0.3, 0.4) is 0 Å². The van der Waals surface area contributed by atoms with Crippen LogP contribution in [0.5, 0.6) is 0 Å². The summed E-state index contributed by atoms with van der Waals surface area (Å²) < 4.78 is 0. The average molecular weight is 412 g/mol. The SMILES string of the molecule is CC1=C[C@@H]([C@H]2CC(=O)N(c3ccccc3)C2=O)CC2=C1C(=O)N(c1ccccc1)C2=O. The summed E-state index contributed by atoms with van der Waals surface area (Å²) in [5.74, 6) is -2.04. The van der Waals surface area contributed by atoms with Crippen molar-refractivity contribution in [1.29, 1.82) is 0 Å². The standard InChI is InChI=1S/C25H20N2O4/c1-15-12-16(19-14-21(28)26(23(19)29)17-8-4-2-5-9-17)13-20-22(15)25(31)27(24(20)30)18-10-6-3-7-11-18/h2-12,16,19H,13-14H2,1H3/t16-,19-/m1/s1. The molecule has 0 bridgehead atoms. The lowest BCUT2D eigenvalue weighted by molar-refractivity contribution is -0.123. The highest BCUT2D eigenvalue weighted by Crippen LogP contribution is 2.43. The van der Waals surface area contributed by atoms with Crippen molar-refractivity contribution in [3.05, 3.63) is 83.5 Å². The van der Waals surface area contributed by atoms with E-state index in [2.05, 4.69) is 0 Å². The lowest BCUT2D eigenvalue weighted by Gasteiger charge is -2.24. The van der Waals surface area contributed by atoms with Crippen molar-refractivity contribution >= 4 is 35.0 Å². The van der Waals surface area contributed by atoms with Gasteiger partial charge in [-0.25, -0.2) is 4.90 Å². The highest BCUT2D eigenvalue weighted by molar-refractivity contribution is 6.34. The minimum atomic E-state index is -0.551. The zero-order chi connectivity index (χ0) is 21.7. The first-order chi connectivity index (χ1) is 15.0. The molecule has 0 aromatic heterocycles. The molecule has 2 atom stereocenters. The molecule has 0 spiro atoms. The number of anilines is 2. The first kappa shape index (κ1) is 19.2. The molecule has 31 heavy (non-hydrogen) atoms. The lowest BCUT2D eigenvalue weighted by Crippen LogP contribution is -2.33. The van der Waals surface area contributed by atoms with Gasteiger partial charge in [0.1, 0.15) is 0 Å². The number of nitrogens with zero attached hydrogens (tertiary/aromatic N) is 2. The second-order valence-electron chi connectivity index (χ2n) is 8.07. The van der Waals surface area contributed by atoms with Crippen LogP contribution in [0, 0.1) is 11.8 Å². The third-order valence-corrected chi connectivity index (χ3v) is 6.21. The first-order valence-corrected chi connectivity index (χ1v) is 10.2. The van der Waals surface area contributed by atoms with E-state index >= 15 is 0 Å². The molecule has 0 N–H and O–H groups in total. The van der Waals surface area contributed by atoms with Crippen LogP contribution >= 0.6 is 0 Å². The molecule has 1 fully saturated rings.